The van der Waals surface area contributed by atoms with Crippen LogP contribution in [0.4, 0.5) is 0 Å². The largest absolute Gasteiger partial charge is 0.478 e. The molecule has 0 radical (unpaired) electrons. The molecule has 0 aliphatic carbocycles. The second kappa shape index (κ2) is 7.46. The van der Waals surface area contributed by atoms with E-state index in [1.807, 2.05) is 0 Å². The van der Waals surface area contributed by atoms with Crippen LogP contribution in [0.1, 0.15) is 40.5 Å². The molecule has 0 spiro atoms. The molecule has 0 bridgehead atoms. The van der Waals surface area contributed by atoms with Crippen LogP contribution < -0.4 is 5.32 Å². The first-order chi connectivity index (χ1) is 7.02. The van der Waals surface area contributed by atoms with E-state index in [4.69, 9.17) is 5.11 Å². The van der Waals surface area contributed by atoms with Gasteiger partial charge in [-0.05, 0) is 19.8 Å². The van der Waals surface area contributed by atoms with Crippen molar-refractivity contribution in [3.05, 3.63) is 11.6 Å². The first-order valence-electron chi connectivity index (χ1n) is 5.66. The summed E-state index contributed by atoms with van der Waals surface area (Å²) in [5.74, 6) is -0.171. The molecule has 88 valence electrons. The molecule has 1 atom stereocenters. The van der Waals surface area contributed by atoms with Gasteiger partial charge in [0.05, 0.1) is 0 Å². The fraction of sp³-hybridized carbons (Fsp3) is 0.750. The fourth-order valence-electron chi connectivity index (χ4n) is 1.65. The number of hydrogen-bond acceptors (Lipinski definition) is 2. The van der Waals surface area contributed by atoms with Crippen LogP contribution in [-0.2, 0) is 4.79 Å². The Balaban J connectivity index is 3.95. The third-order valence-corrected chi connectivity index (χ3v) is 2.94. The van der Waals surface area contributed by atoms with Crippen molar-refractivity contribution in [2.75, 3.05) is 6.54 Å². The highest BCUT2D eigenvalue weighted by atomic mass is 16.4. The highest BCUT2D eigenvalue weighted by molar-refractivity contribution is 5.85. The molecule has 0 aromatic rings. The maximum atomic E-state index is 10.5. The molecule has 0 aliphatic rings. The molecule has 0 rings (SSSR count). The lowest BCUT2D eigenvalue weighted by Crippen LogP contribution is -2.33. The molecule has 15 heavy (non-hydrogen) atoms. The molecule has 0 heterocycles. The number of hydrogen-bond donors (Lipinski definition) is 2. The van der Waals surface area contributed by atoms with Gasteiger partial charge < -0.3 is 10.4 Å². The number of aliphatic carboxylic acids is 1. The molecule has 2 N–H and O–H groups in total. The molecule has 0 fully saturated rings. The summed E-state index contributed by atoms with van der Waals surface area (Å²) in [4.78, 5) is 10.5. The van der Waals surface area contributed by atoms with E-state index < -0.39 is 5.97 Å². The summed E-state index contributed by atoms with van der Waals surface area (Å²) in [6, 6.07) is 0.442. The van der Waals surface area contributed by atoms with E-state index in [2.05, 4.69) is 26.1 Å². The summed E-state index contributed by atoms with van der Waals surface area (Å²) in [7, 11) is 0. The Morgan fingerprint density at radius 1 is 1.40 bits per heavy atom. The van der Waals surface area contributed by atoms with Crippen molar-refractivity contribution < 1.29 is 9.90 Å². The molecule has 1 unspecified atom stereocenters. The smallest absolute Gasteiger partial charge is 0.330 e. The van der Waals surface area contributed by atoms with Gasteiger partial charge in [-0.3, -0.25) is 0 Å². The van der Waals surface area contributed by atoms with Crippen molar-refractivity contribution in [1.82, 2.24) is 5.32 Å². The third kappa shape index (κ3) is 5.57. The topological polar surface area (TPSA) is 49.3 Å². The highest BCUT2D eigenvalue weighted by Gasteiger charge is 2.11. The molecule has 3 heteroatoms. The van der Waals surface area contributed by atoms with Crippen molar-refractivity contribution in [1.29, 1.82) is 0 Å². The number of nitrogens with one attached hydrogen (secondary N) is 1. The standard InChI is InChI=1S/C12H23NO2/c1-5-11(6-2)10(4)13-8-7-9(3)12(14)15/h7,10-11,13H,5-6,8H2,1-4H3,(H,14,15)/b9-7-. The second-order valence-corrected chi connectivity index (χ2v) is 3.97. The van der Waals surface area contributed by atoms with Gasteiger partial charge in [0, 0.05) is 18.2 Å². The van der Waals surface area contributed by atoms with E-state index >= 15 is 0 Å². The van der Waals surface area contributed by atoms with Gasteiger partial charge in [0.1, 0.15) is 0 Å². The average molecular weight is 213 g/mol. The normalized spacial score (nSPS) is 14.3. The Labute approximate surface area is 92.6 Å². The van der Waals surface area contributed by atoms with Crippen LogP contribution in [0, 0.1) is 5.92 Å². The van der Waals surface area contributed by atoms with Gasteiger partial charge in [0.2, 0.25) is 0 Å². The fourth-order valence-corrected chi connectivity index (χ4v) is 1.65. The first kappa shape index (κ1) is 14.2. The Bertz CT molecular complexity index is 220. The lowest BCUT2D eigenvalue weighted by molar-refractivity contribution is -0.132. The maximum absolute atomic E-state index is 10.5. The molecule has 0 aromatic heterocycles. The predicted molar refractivity (Wildman–Crippen MR) is 62.9 cm³/mol. The summed E-state index contributed by atoms with van der Waals surface area (Å²) in [6.45, 7) is 8.78. The molecule has 3 nitrogen and oxygen atoms in total. The quantitative estimate of drug-likeness (QED) is 0.639. The average Bonchev–Trinajstić information content (AvgIpc) is 2.19. The minimum atomic E-state index is -0.841. The Morgan fingerprint density at radius 2 is 1.93 bits per heavy atom. The monoisotopic (exact) mass is 213 g/mol. The van der Waals surface area contributed by atoms with Gasteiger partial charge in [-0.2, -0.15) is 0 Å². The third-order valence-electron chi connectivity index (χ3n) is 2.94. The van der Waals surface area contributed by atoms with Gasteiger partial charge in [0.15, 0.2) is 0 Å². The van der Waals surface area contributed by atoms with Gasteiger partial charge in [-0.25, -0.2) is 4.79 Å². The van der Waals surface area contributed by atoms with Gasteiger partial charge in [0.25, 0.3) is 0 Å². The molecular weight excluding hydrogens is 190 g/mol. The van der Waals surface area contributed by atoms with Crippen LogP contribution in [0.3, 0.4) is 0 Å². The van der Waals surface area contributed by atoms with E-state index in [-0.39, 0.29) is 0 Å². The van der Waals surface area contributed by atoms with Crippen LogP contribution in [0.2, 0.25) is 0 Å². The van der Waals surface area contributed by atoms with Gasteiger partial charge >= 0.3 is 5.97 Å². The van der Waals surface area contributed by atoms with Crippen molar-refractivity contribution in [2.24, 2.45) is 5.92 Å². The van der Waals surface area contributed by atoms with Crippen LogP contribution in [0.15, 0.2) is 11.6 Å². The number of rotatable bonds is 7. The number of carboxylic acid groups (broad SMARTS) is 1. The zero-order chi connectivity index (χ0) is 11.8. The second-order valence-electron chi connectivity index (χ2n) is 3.97. The van der Waals surface area contributed by atoms with Crippen LogP contribution in [-0.4, -0.2) is 23.7 Å². The first-order valence-corrected chi connectivity index (χ1v) is 5.66. The highest BCUT2D eigenvalue weighted by Crippen LogP contribution is 2.12. The van der Waals surface area contributed by atoms with Crippen molar-refractivity contribution >= 4 is 5.97 Å². The summed E-state index contributed by atoms with van der Waals surface area (Å²) in [5.41, 5.74) is 0.402. The Morgan fingerprint density at radius 3 is 2.33 bits per heavy atom. The lowest BCUT2D eigenvalue weighted by atomic mass is 9.95. The van der Waals surface area contributed by atoms with Crippen molar-refractivity contribution in [2.45, 2.75) is 46.6 Å². The molecule has 0 aliphatic heterocycles. The van der Waals surface area contributed by atoms with E-state index in [0.29, 0.717) is 24.1 Å². The van der Waals surface area contributed by atoms with Crippen molar-refractivity contribution in [3.63, 3.8) is 0 Å². The van der Waals surface area contributed by atoms with E-state index in [9.17, 15) is 4.79 Å². The summed E-state index contributed by atoms with van der Waals surface area (Å²) >= 11 is 0. The minimum absolute atomic E-state index is 0.402. The maximum Gasteiger partial charge on any atom is 0.330 e. The van der Waals surface area contributed by atoms with Crippen molar-refractivity contribution in [3.8, 4) is 0 Å². The van der Waals surface area contributed by atoms with Gasteiger partial charge in [-0.1, -0.05) is 32.8 Å². The molecule has 0 aromatic carbocycles. The lowest BCUT2D eigenvalue weighted by Gasteiger charge is -2.21. The Kier molecular flexibility index (Phi) is 7.05. The predicted octanol–water partition coefficient (Wildman–Crippen LogP) is 2.43. The van der Waals surface area contributed by atoms with E-state index in [1.54, 1.807) is 13.0 Å². The zero-order valence-corrected chi connectivity index (χ0v) is 10.2. The van der Waals surface area contributed by atoms with Gasteiger partial charge in [-0.15, -0.1) is 0 Å². The molecule has 0 amide bonds. The molecular formula is C12H23NO2. The summed E-state index contributed by atoms with van der Waals surface area (Å²) in [5, 5.41) is 12.0. The van der Waals surface area contributed by atoms with E-state index in [0.717, 1.165) is 12.8 Å². The molecule has 0 saturated heterocycles. The summed E-state index contributed by atoms with van der Waals surface area (Å²) in [6.07, 6.45) is 4.04. The van der Waals surface area contributed by atoms with Crippen LogP contribution in [0.25, 0.3) is 0 Å². The SMILES string of the molecule is CCC(CC)C(C)NC/C=C(/C)C(=O)O. The molecule has 0 saturated carbocycles. The van der Waals surface area contributed by atoms with E-state index in [1.165, 1.54) is 0 Å². The number of carbonyl (C=O) groups is 1. The Hall–Kier alpha value is -0.830. The summed E-state index contributed by atoms with van der Waals surface area (Å²) < 4.78 is 0. The minimum Gasteiger partial charge on any atom is -0.478 e. The zero-order valence-electron chi connectivity index (χ0n) is 10.2. The van der Waals surface area contributed by atoms with Crippen LogP contribution >= 0.6 is 0 Å². The number of carboxylic acids is 1. The van der Waals surface area contributed by atoms with Crippen LogP contribution in [0.5, 0.6) is 0 Å².